The Morgan fingerprint density at radius 1 is 1.12 bits per heavy atom. The Hall–Kier alpha value is -2.60. The van der Waals surface area contributed by atoms with Gasteiger partial charge in [-0.25, -0.2) is 8.42 Å². The van der Waals surface area contributed by atoms with Gasteiger partial charge < -0.3 is 9.88 Å². The van der Waals surface area contributed by atoms with Crippen LogP contribution in [0.1, 0.15) is 11.1 Å². The van der Waals surface area contributed by atoms with E-state index in [-0.39, 0.29) is 4.90 Å². The number of hydrogen-bond acceptors (Lipinski definition) is 3. The first-order valence-corrected chi connectivity index (χ1v) is 9.57. The average Bonchev–Trinajstić information content (AvgIpc) is 2.88. The van der Waals surface area contributed by atoms with Crippen LogP contribution in [0.4, 0.5) is 5.69 Å². The van der Waals surface area contributed by atoms with Crippen molar-refractivity contribution in [2.24, 2.45) is 7.05 Å². The van der Waals surface area contributed by atoms with E-state index in [1.54, 1.807) is 36.0 Å². The van der Waals surface area contributed by atoms with Gasteiger partial charge in [0, 0.05) is 29.8 Å². The number of carbonyl (C=O) groups excluding carboxylic acids is 1. The van der Waals surface area contributed by atoms with E-state index in [1.165, 1.54) is 0 Å². The van der Waals surface area contributed by atoms with Crippen LogP contribution in [0.2, 0.25) is 0 Å². The summed E-state index contributed by atoms with van der Waals surface area (Å²) in [5, 5.41) is 3.32. The molecule has 0 aliphatic carbocycles. The fourth-order valence-corrected chi connectivity index (χ4v) is 4.34. The number of para-hydroxylation sites is 1. The van der Waals surface area contributed by atoms with E-state index < -0.39 is 21.5 Å². The molecule has 1 heterocycles. The molecule has 3 aromatic rings. The standard InChI is InChI=1S/C19H20N2O3S/c1-13-8-9-16(14(2)10-13)20-19(22)12-25(23,24)18-11-21(3)17-7-5-4-6-15(17)18/h4-11H,12H2,1-3H3,(H,20,22). The number of sulfone groups is 1. The van der Waals surface area contributed by atoms with Crippen molar-refractivity contribution in [3.63, 3.8) is 0 Å². The van der Waals surface area contributed by atoms with Crippen molar-refractivity contribution >= 4 is 32.3 Å². The molecular weight excluding hydrogens is 336 g/mol. The minimum atomic E-state index is -3.74. The van der Waals surface area contributed by atoms with E-state index >= 15 is 0 Å². The molecule has 1 amide bonds. The highest BCUT2D eigenvalue weighted by Gasteiger charge is 2.24. The zero-order valence-corrected chi connectivity index (χ0v) is 15.2. The first-order chi connectivity index (χ1) is 11.8. The molecule has 1 N–H and O–H groups in total. The third-order valence-corrected chi connectivity index (χ3v) is 5.81. The van der Waals surface area contributed by atoms with Gasteiger partial charge in [0.25, 0.3) is 0 Å². The molecule has 0 fully saturated rings. The molecule has 0 spiro atoms. The molecule has 6 heteroatoms. The molecular formula is C19H20N2O3S. The molecule has 1 aromatic heterocycles. The smallest absolute Gasteiger partial charge is 0.239 e. The van der Waals surface area contributed by atoms with E-state index in [9.17, 15) is 13.2 Å². The van der Waals surface area contributed by atoms with E-state index in [0.29, 0.717) is 11.1 Å². The lowest BCUT2D eigenvalue weighted by Crippen LogP contribution is -2.23. The number of nitrogens with zero attached hydrogens (tertiary/aromatic N) is 1. The lowest BCUT2D eigenvalue weighted by atomic mass is 10.1. The predicted molar refractivity (Wildman–Crippen MR) is 99.5 cm³/mol. The fraction of sp³-hybridized carbons (Fsp3) is 0.211. The molecule has 3 rings (SSSR count). The second kappa shape index (κ2) is 6.37. The maximum absolute atomic E-state index is 12.7. The highest BCUT2D eigenvalue weighted by atomic mass is 32.2. The molecule has 0 aliphatic rings. The van der Waals surface area contributed by atoms with Crippen LogP contribution >= 0.6 is 0 Å². The number of fused-ring (bicyclic) bond motifs is 1. The number of aryl methyl sites for hydroxylation is 3. The Kier molecular flexibility index (Phi) is 4.39. The molecule has 0 radical (unpaired) electrons. The molecule has 0 saturated heterocycles. The van der Waals surface area contributed by atoms with Gasteiger partial charge in [-0.2, -0.15) is 0 Å². The van der Waals surface area contributed by atoms with Crippen LogP contribution in [0.25, 0.3) is 10.9 Å². The Morgan fingerprint density at radius 3 is 2.56 bits per heavy atom. The lowest BCUT2D eigenvalue weighted by Gasteiger charge is -2.09. The maximum atomic E-state index is 12.7. The highest BCUT2D eigenvalue weighted by molar-refractivity contribution is 7.92. The lowest BCUT2D eigenvalue weighted by molar-refractivity contribution is -0.113. The molecule has 2 aromatic carbocycles. The minimum absolute atomic E-state index is 0.182. The monoisotopic (exact) mass is 356 g/mol. The van der Waals surface area contributed by atoms with E-state index in [1.807, 2.05) is 38.1 Å². The molecule has 0 atom stereocenters. The minimum Gasteiger partial charge on any atom is -0.349 e. The van der Waals surface area contributed by atoms with Crippen LogP contribution < -0.4 is 5.32 Å². The van der Waals surface area contributed by atoms with E-state index in [4.69, 9.17) is 0 Å². The number of hydrogen-bond donors (Lipinski definition) is 1. The van der Waals surface area contributed by atoms with Crippen LogP contribution in [-0.2, 0) is 21.7 Å². The quantitative estimate of drug-likeness (QED) is 0.780. The number of aromatic nitrogens is 1. The van der Waals surface area contributed by atoms with Crippen molar-refractivity contribution in [1.29, 1.82) is 0 Å². The van der Waals surface area contributed by atoms with Gasteiger partial charge in [-0.15, -0.1) is 0 Å². The van der Waals surface area contributed by atoms with E-state index in [0.717, 1.165) is 16.6 Å². The fourth-order valence-electron chi connectivity index (χ4n) is 2.94. The summed E-state index contributed by atoms with van der Waals surface area (Å²) in [5.74, 6) is -1.13. The van der Waals surface area contributed by atoms with Crippen molar-refractivity contribution in [3.8, 4) is 0 Å². The maximum Gasteiger partial charge on any atom is 0.239 e. The number of rotatable bonds is 4. The van der Waals surface area contributed by atoms with Crippen molar-refractivity contribution in [1.82, 2.24) is 4.57 Å². The summed E-state index contributed by atoms with van der Waals surface area (Å²) < 4.78 is 27.2. The summed E-state index contributed by atoms with van der Waals surface area (Å²) in [6, 6.07) is 12.8. The number of benzene rings is 2. The molecule has 0 aliphatic heterocycles. The number of carbonyl (C=O) groups is 1. The zero-order chi connectivity index (χ0) is 18.2. The van der Waals surface area contributed by atoms with Gasteiger partial charge >= 0.3 is 0 Å². The zero-order valence-electron chi connectivity index (χ0n) is 14.4. The first-order valence-electron chi connectivity index (χ1n) is 7.92. The summed E-state index contributed by atoms with van der Waals surface area (Å²) in [6.45, 7) is 3.84. The van der Waals surface area contributed by atoms with Crippen LogP contribution in [0.5, 0.6) is 0 Å². The Balaban J connectivity index is 1.86. The second-order valence-electron chi connectivity index (χ2n) is 6.25. The Morgan fingerprint density at radius 2 is 1.84 bits per heavy atom. The van der Waals surface area contributed by atoms with E-state index in [2.05, 4.69) is 5.32 Å². The van der Waals surface area contributed by atoms with Crippen LogP contribution in [0.3, 0.4) is 0 Å². The normalized spacial score (nSPS) is 11.6. The van der Waals surface area contributed by atoms with Gasteiger partial charge in [-0.1, -0.05) is 35.9 Å². The van der Waals surface area contributed by atoms with Gasteiger partial charge in [-0.05, 0) is 31.5 Å². The second-order valence-corrected chi connectivity index (χ2v) is 8.21. The van der Waals surface area contributed by atoms with Crippen molar-refractivity contribution in [3.05, 3.63) is 59.8 Å². The molecule has 25 heavy (non-hydrogen) atoms. The third kappa shape index (κ3) is 3.44. The summed E-state index contributed by atoms with van der Waals surface area (Å²) >= 11 is 0. The molecule has 130 valence electrons. The molecule has 0 unspecified atom stereocenters. The summed E-state index contributed by atoms with van der Waals surface area (Å²) in [7, 11) is -1.95. The van der Waals surface area contributed by atoms with Gasteiger partial charge in [0.05, 0.1) is 4.90 Å². The Bertz CT molecular complexity index is 1070. The molecule has 5 nitrogen and oxygen atoms in total. The number of amides is 1. The van der Waals surface area contributed by atoms with Gasteiger partial charge in [-0.3, -0.25) is 4.79 Å². The number of nitrogens with one attached hydrogen (secondary N) is 1. The van der Waals surface area contributed by atoms with Crippen LogP contribution in [0.15, 0.2) is 53.6 Å². The summed E-state index contributed by atoms with van der Waals surface area (Å²) in [5.41, 5.74) is 3.43. The SMILES string of the molecule is Cc1ccc(NC(=O)CS(=O)(=O)c2cn(C)c3ccccc23)c(C)c1. The van der Waals surface area contributed by atoms with Crippen molar-refractivity contribution in [2.75, 3.05) is 11.1 Å². The average molecular weight is 356 g/mol. The number of anilines is 1. The Labute approximate surface area is 147 Å². The third-order valence-electron chi connectivity index (χ3n) is 4.17. The topological polar surface area (TPSA) is 68.2 Å². The van der Waals surface area contributed by atoms with Crippen LogP contribution in [-0.4, -0.2) is 24.6 Å². The summed E-state index contributed by atoms with van der Waals surface area (Å²) in [6.07, 6.45) is 1.56. The molecule has 0 saturated carbocycles. The van der Waals surface area contributed by atoms with Gasteiger partial charge in [0.2, 0.25) is 5.91 Å². The van der Waals surface area contributed by atoms with Gasteiger partial charge in [0.1, 0.15) is 5.75 Å². The van der Waals surface area contributed by atoms with Gasteiger partial charge in [0.15, 0.2) is 9.84 Å². The largest absolute Gasteiger partial charge is 0.349 e. The highest BCUT2D eigenvalue weighted by Crippen LogP contribution is 2.25. The summed E-state index contributed by atoms with van der Waals surface area (Å²) in [4.78, 5) is 12.5. The predicted octanol–water partition coefficient (Wildman–Crippen LogP) is 3.21. The van der Waals surface area contributed by atoms with Crippen molar-refractivity contribution < 1.29 is 13.2 Å². The van der Waals surface area contributed by atoms with Crippen LogP contribution in [0, 0.1) is 13.8 Å². The molecule has 0 bridgehead atoms. The first kappa shape index (κ1) is 17.2. The van der Waals surface area contributed by atoms with Crippen molar-refractivity contribution in [2.45, 2.75) is 18.7 Å².